The number of nitrogens with two attached hydrogens (primary N) is 1. The van der Waals surface area contributed by atoms with Crippen molar-refractivity contribution in [1.82, 2.24) is 9.78 Å². The Hall–Kier alpha value is -0.870. The zero-order chi connectivity index (χ0) is 14.3. The van der Waals surface area contributed by atoms with E-state index in [-0.39, 0.29) is 0 Å². The van der Waals surface area contributed by atoms with Crippen molar-refractivity contribution in [3.8, 4) is 0 Å². The van der Waals surface area contributed by atoms with Crippen LogP contribution >= 0.6 is 0 Å². The van der Waals surface area contributed by atoms with E-state index in [1.54, 1.807) is 0 Å². The van der Waals surface area contributed by atoms with E-state index in [4.69, 9.17) is 15.6 Å². The number of nitrogens with zero attached hydrogens (tertiary/aromatic N) is 2. The number of hydrogen-bond acceptors (Lipinski definition) is 3. The summed E-state index contributed by atoms with van der Waals surface area (Å²) >= 11 is 0. The third kappa shape index (κ3) is 4.62. The molecule has 0 aromatic carbocycles. The van der Waals surface area contributed by atoms with Crippen LogP contribution < -0.4 is 5.73 Å². The standard InChI is InChI=1S/C15H29N3O/c1-5-14-13(7-8-16)15(6-2)18(17-14)9-10-19-11-12(3)4/h12H,5-11,16H2,1-4H3. The van der Waals surface area contributed by atoms with Crippen molar-refractivity contribution in [1.29, 1.82) is 0 Å². The average molecular weight is 267 g/mol. The zero-order valence-electron chi connectivity index (χ0n) is 12.9. The van der Waals surface area contributed by atoms with Crippen LogP contribution in [0.4, 0.5) is 0 Å². The molecule has 0 aliphatic heterocycles. The minimum atomic E-state index is 0.585. The molecule has 0 spiro atoms. The number of hydrogen-bond donors (Lipinski definition) is 1. The van der Waals surface area contributed by atoms with Crippen LogP contribution in [0.2, 0.25) is 0 Å². The molecule has 110 valence electrons. The fourth-order valence-corrected chi connectivity index (χ4v) is 2.36. The van der Waals surface area contributed by atoms with Crippen LogP contribution in [-0.2, 0) is 30.5 Å². The van der Waals surface area contributed by atoms with Gasteiger partial charge >= 0.3 is 0 Å². The molecular formula is C15H29N3O. The Kier molecular flexibility index (Phi) is 7.10. The van der Waals surface area contributed by atoms with Crippen molar-refractivity contribution < 1.29 is 4.74 Å². The van der Waals surface area contributed by atoms with Crippen LogP contribution in [0.25, 0.3) is 0 Å². The molecule has 1 heterocycles. The summed E-state index contributed by atoms with van der Waals surface area (Å²) in [5.41, 5.74) is 9.60. The Balaban J connectivity index is 2.71. The van der Waals surface area contributed by atoms with Crippen molar-refractivity contribution >= 4 is 0 Å². The Morgan fingerprint density at radius 3 is 2.53 bits per heavy atom. The van der Waals surface area contributed by atoms with Gasteiger partial charge in [0.2, 0.25) is 0 Å². The highest BCUT2D eigenvalue weighted by molar-refractivity contribution is 5.27. The third-order valence-electron chi connectivity index (χ3n) is 3.21. The SMILES string of the molecule is CCc1nn(CCOCC(C)C)c(CC)c1CCN. The van der Waals surface area contributed by atoms with Gasteiger partial charge in [0.05, 0.1) is 18.8 Å². The van der Waals surface area contributed by atoms with Gasteiger partial charge < -0.3 is 10.5 Å². The number of aromatic nitrogens is 2. The van der Waals surface area contributed by atoms with Crippen molar-refractivity contribution in [3.05, 3.63) is 17.0 Å². The maximum Gasteiger partial charge on any atom is 0.0662 e. The second-order valence-electron chi connectivity index (χ2n) is 5.31. The maximum absolute atomic E-state index is 5.71. The Morgan fingerprint density at radius 1 is 1.26 bits per heavy atom. The molecule has 1 aromatic heterocycles. The summed E-state index contributed by atoms with van der Waals surface area (Å²) in [6.45, 7) is 11.8. The van der Waals surface area contributed by atoms with Gasteiger partial charge in [-0.3, -0.25) is 4.68 Å². The molecule has 0 atom stereocenters. The minimum Gasteiger partial charge on any atom is -0.379 e. The predicted molar refractivity (Wildman–Crippen MR) is 79.4 cm³/mol. The van der Waals surface area contributed by atoms with Crippen LogP contribution in [0, 0.1) is 5.92 Å². The highest BCUT2D eigenvalue weighted by Crippen LogP contribution is 2.16. The molecule has 0 fully saturated rings. The van der Waals surface area contributed by atoms with Crippen molar-refractivity contribution in [2.45, 2.75) is 53.5 Å². The van der Waals surface area contributed by atoms with E-state index in [1.807, 2.05) is 0 Å². The van der Waals surface area contributed by atoms with Gasteiger partial charge in [-0.05, 0) is 37.3 Å². The lowest BCUT2D eigenvalue weighted by Gasteiger charge is -2.09. The number of rotatable bonds is 9. The molecule has 0 bridgehead atoms. The molecular weight excluding hydrogens is 238 g/mol. The van der Waals surface area contributed by atoms with E-state index in [2.05, 4.69) is 32.4 Å². The summed E-state index contributed by atoms with van der Waals surface area (Å²) < 4.78 is 7.77. The molecule has 0 aliphatic rings. The molecule has 0 radical (unpaired) electrons. The summed E-state index contributed by atoms with van der Waals surface area (Å²) in [5.74, 6) is 0.585. The third-order valence-corrected chi connectivity index (χ3v) is 3.21. The van der Waals surface area contributed by atoms with E-state index in [9.17, 15) is 0 Å². The summed E-state index contributed by atoms with van der Waals surface area (Å²) in [6, 6.07) is 0. The smallest absolute Gasteiger partial charge is 0.0662 e. The molecule has 0 saturated carbocycles. The molecule has 0 amide bonds. The summed E-state index contributed by atoms with van der Waals surface area (Å²) in [6.07, 6.45) is 2.91. The van der Waals surface area contributed by atoms with Crippen LogP contribution in [0.1, 0.15) is 44.6 Å². The Morgan fingerprint density at radius 2 is 2.00 bits per heavy atom. The first-order valence-electron chi connectivity index (χ1n) is 7.49. The van der Waals surface area contributed by atoms with Crippen molar-refractivity contribution in [3.63, 3.8) is 0 Å². The highest BCUT2D eigenvalue weighted by Gasteiger charge is 2.14. The molecule has 19 heavy (non-hydrogen) atoms. The molecule has 2 N–H and O–H groups in total. The topological polar surface area (TPSA) is 53.1 Å². The first-order chi connectivity index (χ1) is 9.13. The van der Waals surface area contributed by atoms with Gasteiger partial charge in [-0.15, -0.1) is 0 Å². The number of ether oxygens (including phenoxy) is 1. The fraction of sp³-hybridized carbons (Fsp3) is 0.800. The lowest BCUT2D eigenvalue weighted by atomic mass is 10.1. The summed E-state index contributed by atoms with van der Waals surface area (Å²) in [5, 5.41) is 4.72. The largest absolute Gasteiger partial charge is 0.379 e. The van der Waals surface area contributed by atoms with Crippen molar-refractivity contribution in [2.24, 2.45) is 11.7 Å². The van der Waals surface area contributed by atoms with Crippen LogP contribution in [0.5, 0.6) is 0 Å². The first kappa shape index (κ1) is 16.2. The van der Waals surface area contributed by atoms with E-state index in [0.29, 0.717) is 12.5 Å². The molecule has 1 aromatic rings. The van der Waals surface area contributed by atoms with E-state index in [1.165, 1.54) is 17.0 Å². The van der Waals surface area contributed by atoms with Gasteiger partial charge in [-0.25, -0.2) is 0 Å². The van der Waals surface area contributed by atoms with Gasteiger partial charge in [-0.2, -0.15) is 5.10 Å². The van der Waals surface area contributed by atoms with Crippen LogP contribution in [0.15, 0.2) is 0 Å². The van der Waals surface area contributed by atoms with Crippen LogP contribution in [-0.4, -0.2) is 29.5 Å². The fourth-order valence-electron chi connectivity index (χ4n) is 2.36. The van der Waals surface area contributed by atoms with Crippen LogP contribution in [0.3, 0.4) is 0 Å². The Bertz CT molecular complexity index is 372. The normalized spacial score (nSPS) is 11.5. The zero-order valence-corrected chi connectivity index (χ0v) is 12.9. The second kappa shape index (κ2) is 8.33. The molecule has 0 saturated heterocycles. The minimum absolute atomic E-state index is 0.585. The van der Waals surface area contributed by atoms with Gasteiger partial charge in [0.1, 0.15) is 0 Å². The van der Waals surface area contributed by atoms with Gasteiger partial charge in [-0.1, -0.05) is 27.7 Å². The first-order valence-corrected chi connectivity index (χ1v) is 7.49. The van der Waals surface area contributed by atoms with Crippen molar-refractivity contribution in [2.75, 3.05) is 19.8 Å². The summed E-state index contributed by atoms with van der Waals surface area (Å²) in [4.78, 5) is 0. The number of aryl methyl sites for hydroxylation is 1. The molecule has 0 unspecified atom stereocenters. The lowest BCUT2D eigenvalue weighted by Crippen LogP contribution is -2.13. The molecule has 0 aliphatic carbocycles. The summed E-state index contributed by atoms with van der Waals surface area (Å²) in [7, 11) is 0. The molecule has 1 rings (SSSR count). The van der Waals surface area contributed by atoms with Gasteiger partial charge in [0.15, 0.2) is 0 Å². The van der Waals surface area contributed by atoms with E-state index < -0.39 is 0 Å². The van der Waals surface area contributed by atoms with Gasteiger partial charge in [0, 0.05) is 12.3 Å². The monoisotopic (exact) mass is 267 g/mol. The van der Waals surface area contributed by atoms with E-state index >= 15 is 0 Å². The maximum atomic E-state index is 5.71. The van der Waals surface area contributed by atoms with Gasteiger partial charge in [0.25, 0.3) is 0 Å². The average Bonchev–Trinajstić information content (AvgIpc) is 2.72. The molecule has 4 nitrogen and oxygen atoms in total. The second-order valence-corrected chi connectivity index (χ2v) is 5.31. The molecule has 4 heteroatoms. The predicted octanol–water partition coefficient (Wildman–Crippen LogP) is 2.18. The highest BCUT2D eigenvalue weighted by atomic mass is 16.5. The lowest BCUT2D eigenvalue weighted by molar-refractivity contribution is 0.100. The van der Waals surface area contributed by atoms with E-state index in [0.717, 1.165) is 39.0 Å². The Labute approximate surface area is 117 Å². The quantitative estimate of drug-likeness (QED) is 0.698.